The zero-order valence-corrected chi connectivity index (χ0v) is 10.6. The van der Waals surface area contributed by atoms with Gasteiger partial charge < -0.3 is 10.6 Å². The summed E-state index contributed by atoms with van der Waals surface area (Å²) in [6, 6.07) is 1.71. The van der Waals surface area contributed by atoms with E-state index in [1.165, 1.54) is 0 Å². The van der Waals surface area contributed by atoms with Crippen molar-refractivity contribution >= 4 is 11.8 Å². The molecule has 1 heterocycles. The van der Waals surface area contributed by atoms with Crippen molar-refractivity contribution < 1.29 is 0 Å². The zero-order chi connectivity index (χ0) is 12.1. The second-order valence-electron chi connectivity index (χ2n) is 4.97. The number of anilines is 2. The van der Waals surface area contributed by atoms with Gasteiger partial charge in [-0.2, -0.15) is 4.98 Å². The minimum Gasteiger partial charge on any atom is -0.384 e. The van der Waals surface area contributed by atoms with Crippen molar-refractivity contribution in [2.45, 2.75) is 27.7 Å². The number of hydrogen-bond donors (Lipinski definition) is 1. The van der Waals surface area contributed by atoms with E-state index < -0.39 is 0 Å². The van der Waals surface area contributed by atoms with Gasteiger partial charge in [0.25, 0.3) is 0 Å². The topological polar surface area (TPSA) is 55.0 Å². The molecule has 90 valence electrons. The molecule has 0 aliphatic rings. The van der Waals surface area contributed by atoms with Gasteiger partial charge in [0, 0.05) is 19.3 Å². The molecule has 0 saturated carbocycles. The number of hydrogen-bond acceptors (Lipinski definition) is 4. The number of nitrogens with zero attached hydrogens (tertiary/aromatic N) is 3. The fraction of sp³-hybridized carbons (Fsp3) is 0.667. The van der Waals surface area contributed by atoms with Gasteiger partial charge in [0.2, 0.25) is 5.95 Å². The minimum atomic E-state index is 0.530. The first-order chi connectivity index (χ1) is 7.49. The van der Waals surface area contributed by atoms with Crippen molar-refractivity contribution in [3.05, 3.63) is 12.3 Å². The van der Waals surface area contributed by atoms with E-state index in [4.69, 9.17) is 5.73 Å². The molecule has 0 atom stereocenters. The van der Waals surface area contributed by atoms with Crippen LogP contribution < -0.4 is 10.6 Å². The first kappa shape index (κ1) is 12.7. The number of rotatable bonds is 5. The van der Waals surface area contributed by atoms with Gasteiger partial charge in [0.05, 0.1) is 0 Å². The molecule has 0 spiro atoms. The number of nitrogen functional groups attached to an aromatic ring is 1. The number of nitrogens with two attached hydrogens (primary N) is 1. The summed E-state index contributed by atoms with van der Waals surface area (Å²) in [4.78, 5) is 10.8. The Bertz CT molecular complexity index is 313. The summed E-state index contributed by atoms with van der Waals surface area (Å²) in [6.45, 7) is 10.7. The van der Waals surface area contributed by atoms with Crippen LogP contribution >= 0.6 is 0 Å². The Morgan fingerprint density at radius 1 is 1.19 bits per heavy atom. The van der Waals surface area contributed by atoms with Crippen LogP contribution in [0.5, 0.6) is 0 Å². The molecule has 0 aliphatic carbocycles. The Hall–Kier alpha value is -1.32. The second-order valence-corrected chi connectivity index (χ2v) is 4.97. The van der Waals surface area contributed by atoms with Crippen molar-refractivity contribution in [3.63, 3.8) is 0 Å². The summed E-state index contributed by atoms with van der Waals surface area (Å²) in [5.41, 5.74) is 5.68. The summed E-state index contributed by atoms with van der Waals surface area (Å²) >= 11 is 0. The van der Waals surface area contributed by atoms with E-state index in [1.807, 2.05) is 0 Å². The van der Waals surface area contributed by atoms with Crippen LogP contribution in [0.1, 0.15) is 27.7 Å². The Labute approximate surface area is 97.9 Å². The van der Waals surface area contributed by atoms with Gasteiger partial charge in [0.1, 0.15) is 5.82 Å². The Balaban J connectivity index is 2.82. The summed E-state index contributed by atoms with van der Waals surface area (Å²) < 4.78 is 0. The lowest BCUT2D eigenvalue weighted by atomic mass is 10.1. The monoisotopic (exact) mass is 222 g/mol. The lowest BCUT2D eigenvalue weighted by molar-refractivity contribution is 0.544. The van der Waals surface area contributed by atoms with Crippen LogP contribution in [0.2, 0.25) is 0 Å². The van der Waals surface area contributed by atoms with E-state index in [0.717, 1.165) is 19.0 Å². The molecule has 0 aromatic carbocycles. The molecule has 0 unspecified atom stereocenters. The molecule has 1 aromatic heterocycles. The highest BCUT2D eigenvalue weighted by Crippen LogP contribution is 2.13. The first-order valence-corrected chi connectivity index (χ1v) is 5.82. The van der Waals surface area contributed by atoms with E-state index in [2.05, 4.69) is 42.6 Å². The zero-order valence-electron chi connectivity index (χ0n) is 10.6. The van der Waals surface area contributed by atoms with Crippen LogP contribution in [0.4, 0.5) is 11.8 Å². The Morgan fingerprint density at radius 3 is 2.19 bits per heavy atom. The molecule has 0 saturated heterocycles. The molecule has 2 N–H and O–H groups in total. The molecule has 4 nitrogen and oxygen atoms in total. The van der Waals surface area contributed by atoms with Crippen molar-refractivity contribution in [2.24, 2.45) is 11.8 Å². The van der Waals surface area contributed by atoms with Gasteiger partial charge in [-0.1, -0.05) is 27.7 Å². The first-order valence-electron chi connectivity index (χ1n) is 5.82. The predicted octanol–water partition coefficient (Wildman–Crippen LogP) is 2.18. The van der Waals surface area contributed by atoms with Crippen LogP contribution in [0.15, 0.2) is 12.3 Å². The smallest absolute Gasteiger partial charge is 0.227 e. The number of aromatic nitrogens is 2. The van der Waals surface area contributed by atoms with Crippen LogP contribution in [0.25, 0.3) is 0 Å². The van der Waals surface area contributed by atoms with Gasteiger partial charge in [0.15, 0.2) is 0 Å². The summed E-state index contributed by atoms with van der Waals surface area (Å²) in [7, 11) is 0. The van der Waals surface area contributed by atoms with Gasteiger partial charge in [-0.05, 0) is 17.9 Å². The molecule has 0 radical (unpaired) electrons. The summed E-state index contributed by atoms with van der Waals surface area (Å²) in [6.07, 6.45) is 1.71. The van der Waals surface area contributed by atoms with Crippen LogP contribution in [0.3, 0.4) is 0 Å². The predicted molar refractivity (Wildman–Crippen MR) is 68.3 cm³/mol. The minimum absolute atomic E-state index is 0.530. The van der Waals surface area contributed by atoms with Crippen LogP contribution in [-0.4, -0.2) is 23.1 Å². The highest BCUT2D eigenvalue weighted by atomic mass is 15.3. The molecule has 0 amide bonds. The molecular weight excluding hydrogens is 200 g/mol. The Kier molecular flexibility index (Phi) is 4.52. The van der Waals surface area contributed by atoms with E-state index in [0.29, 0.717) is 17.7 Å². The normalized spacial score (nSPS) is 11.1. The second kappa shape index (κ2) is 5.68. The average molecular weight is 222 g/mol. The van der Waals surface area contributed by atoms with E-state index >= 15 is 0 Å². The summed E-state index contributed by atoms with van der Waals surface area (Å²) in [5.74, 6) is 2.44. The molecule has 0 aliphatic heterocycles. The largest absolute Gasteiger partial charge is 0.384 e. The van der Waals surface area contributed by atoms with Crippen LogP contribution in [0, 0.1) is 11.8 Å². The molecule has 0 bridgehead atoms. The lowest BCUT2D eigenvalue weighted by Crippen LogP contribution is -2.32. The lowest BCUT2D eigenvalue weighted by Gasteiger charge is -2.26. The van der Waals surface area contributed by atoms with Crippen molar-refractivity contribution in [2.75, 3.05) is 23.7 Å². The summed E-state index contributed by atoms with van der Waals surface area (Å²) in [5, 5.41) is 0. The van der Waals surface area contributed by atoms with Gasteiger partial charge in [-0.3, -0.25) is 0 Å². The van der Waals surface area contributed by atoms with E-state index in [-0.39, 0.29) is 0 Å². The van der Waals surface area contributed by atoms with Crippen LogP contribution in [-0.2, 0) is 0 Å². The van der Waals surface area contributed by atoms with E-state index in [9.17, 15) is 0 Å². The maximum Gasteiger partial charge on any atom is 0.227 e. The quantitative estimate of drug-likeness (QED) is 0.829. The van der Waals surface area contributed by atoms with Gasteiger partial charge >= 0.3 is 0 Å². The third-order valence-corrected chi connectivity index (χ3v) is 2.12. The SMILES string of the molecule is CC(C)CN(CC(C)C)c1nccc(N)n1. The molecule has 16 heavy (non-hydrogen) atoms. The third kappa shape index (κ3) is 4.04. The maximum absolute atomic E-state index is 5.68. The highest BCUT2D eigenvalue weighted by Gasteiger charge is 2.12. The van der Waals surface area contributed by atoms with Gasteiger partial charge in [-0.15, -0.1) is 0 Å². The molecule has 1 aromatic rings. The fourth-order valence-electron chi connectivity index (χ4n) is 1.63. The van der Waals surface area contributed by atoms with Gasteiger partial charge in [-0.25, -0.2) is 4.98 Å². The maximum atomic E-state index is 5.68. The Morgan fingerprint density at radius 2 is 1.75 bits per heavy atom. The highest BCUT2D eigenvalue weighted by molar-refractivity contribution is 5.37. The average Bonchev–Trinajstić information content (AvgIpc) is 2.15. The van der Waals surface area contributed by atoms with Crippen molar-refractivity contribution in [3.8, 4) is 0 Å². The van der Waals surface area contributed by atoms with E-state index in [1.54, 1.807) is 12.3 Å². The third-order valence-electron chi connectivity index (χ3n) is 2.12. The molecule has 4 heteroatoms. The molecule has 1 rings (SSSR count). The standard InChI is InChI=1S/C12H22N4/c1-9(2)7-16(8-10(3)4)12-14-6-5-11(13)15-12/h5-6,9-10H,7-8H2,1-4H3,(H2,13,14,15). The molecular formula is C12H22N4. The van der Waals surface area contributed by atoms with Crippen molar-refractivity contribution in [1.82, 2.24) is 9.97 Å². The fourth-order valence-corrected chi connectivity index (χ4v) is 1.63. The van der Waals surface area contributed by atoms with Crippen molar-refractivity contribution in [1.29, 1.82) is 0 Å². The molecule has 0 fully saturated rings.